The van der Waals surface area contributed by atoms with E-state index in [1.54, 1.807) is 6.92 Å². The molecule has 0 aliphatic rings. The summed E-state index contributed by atoms with van der Waals surface area (Å²) in [4.78, 5) is 72.8. The van der Waals surface area contributed by atoms with Crippen LogP contribution in [0.2, 0.25) is 0 Å². The van der Waals surface area contributed by atoms with Gasteiger partial charge in [-0.2, -0.15) is 0 Å². The van der Waals surface area contributed by atoms with Gasteiger partial charge in [-0.1, -0.05) is 13.2 Å². The molecule has 3 aromatic rings. The van der Waals surface area contributed by atoms with Crippen molar-refractivity contribution in [2.24, 2.45) is 0 Å². The van der Waals surface area contributed by atoms with Crippen LogP contribution in [0.4, 0.5) is 9.59 Å². The number of esters is 4. The van der Waals surface area contributed by atoms with Gasteiger partial charge < -0.3 is 52.1 Å². The number of rotatable bonds is 21. The van der Waals surface area contributed by atoms with Gasteiger partial charge >= 0.3 is 36.2 Å². The summed E-state index contributed by atoms with van der Waals surface area (Å²) >= 11 is 0. The van der Waals surface area contributed by atoms with Crippen LogP contribution < -0.4 is 33.2 Å². The monoisotopic (exact) mass is 794 g/mol. The highest BCUT2D eigenvalue weighted by Gasteiger charge is 2.23. The van der Waals surface area contributed by atoms with Crippen LogP contribution in [0.1, 0.15) is 52.0 Å². The number of carbonyl (C=O) groups excluding carboxylic acids is 6. The average Bonchev–Trinajstić information content (AvgIpc) is 3.21. The Balaban J connectivity index is 1.57. The number of benzene rings is 3. The largest absolute Gasteiger partial charge is 0.514 e. The minimum atomic E-state index is -1.06. The van der Waals surface area contributed by atoms with Gasteiger partial charge in [-0.05, 0) is 86.7 Å². The molecule has 0 N–H and O–H groups in total. The summed E-state index contributed by atoms with van der Waals surface area (Å²) in [5, 5.41) is 0. The molecule has 3 rings (SSSR count). The number of carbonyl (C=O) groups is 6. The van der Waals surface area contributed by atoms with Gasteiger partial charge in [0.15, 0.2) is 23.0 Å². The minimum absolute atomic E-state index is 0.00477. The number of hydrogen-bond acceptors (Lipinski definition) is 17. The maximum Gasteiger partial charge on any atom is 0.514 e. The van der Waals surface area contributed by atoms with Gasteiger partial charge in [0.05, 0.1) is 58.9 Å². The first-order valence-electron chi connectivity index (χ1n) is 17.2. The minimum Gasteiger partial charge on any atom is -0.493 e. The third kappa shape index (κ3) is 14.3. The van der Waals surface area contributed by atoms with Gasteiger partial charge in [-0.3, -0.25) is 0 Å². The molecule has 0 bridgehead atoms. The van der Waals surface area contributed by atoms with Crippen molar-refractivity contribution in [2.75, 3.05) is 47.8 Å². The predicted octanol–water partition coefficient (Wildman–Crippen LogP) is 6.51. The molecule has 0 spiro atoms. The maximum atomic E-state index is 13.2. The zero-order valence-electron chi connectivity index (χ0n) is 31.8. The standard InChI is InChI=1S/C40H42O17/c1-7-34(41)50-17-9-11-19-52-39(45)56-30-15-13-26(22-31(30)47-4)37(43)54-28-14-16-29(25(3)21-28)55-38(44)27-23-32(48-5)36(33(24-27)49-6)57-40(46)53-20-12-10-18-51-35(42)8-2/h7-8,13-16,21-24H,1-2,9-12,17-20H2,3-6H3. The van der Waals surface area contributed by atoms with Gasteiger partial charge in [-0.15, -0.1) is 0 Å². The molecule has 0 unspecified atom stereocenters. The summed E-state index contributed by atoms with van der Waals surface area (Å²) in [5.74, 6) is -2.53. The number of methoxy groups -OCH3 is 3. The van der Waals surface area contributed by atoms with Crippen LogP contribution >= 0.6 is 0 Å². The lowest BCUT2D eigenvalue weighted by Gasteiger charge is -2.15. The van der Waals surface area contributed by atoms with Crippen molar-refractivity contribution in [1.29, 1.82) is 0 Å². The van der Waals surface area contributed by atoms with E-state index in [0.29, 0.717) is 31.2 Å². The first kappa shape index (κ1) is 44.4. The second-order valence-corrected chi connectivity index (χ2v) is 11.3. The second kappa shape index (κ2) is 23.0. The van der Waals surface area contributed by atoms with Crippen molar-refractivity contribution in [2.45, 2.75) is 32.6 Å². The summed E-state index contributed by atoms with van der Waals surface area (Å²) in [6, 6.07) is 10.9. The number of ether oxygens (including phenoxy) is 11. The highest BCUT2D eigenvalue weighted by atomic mass is 16.7. The van der Waals surface area contributed by atoms with Gasteiger partial charge in [0.25, 0.3) is 0 Å². The summed E-state index contributed by atoms with van der Waals surface area (Å²) in [6.45, 7) is 8.52. The molecule has 0 saturated heterocycles. The van der Waals surface area contributed by atoms with E-state index in [0.717, 1.165) is 12.2 Å². The Morgan fingerprint density at radius 1 is 0.509 bits per heavy atom. The summed E-state index contributed by atoms with van der Waals surface area (Å²) < 4.78 is 57.3. The molecule has 0 aromatic heterocycles. The van der Waals surface area contributed by atoms with Crippen molar-refractivity contribution >= 4 is 36.2 Å². The molecule has 0 atom stereocenters. The lowest BCUT2D eigenvalue weighted by molar-refractivity contribution is -0.138. The van der Waals surface area contributed by atoms with Crippen LogP contribution in [0, 0.1) is 6.92 Å². The van der Waals surface area contributed by atoms with E-state index in [9.17, 15) is 28.8 Å². The Morgan fingerprint density at radius 3 is 1.49 bits per heavy atom. The molecule has 0 heterocycles. The lowest BCUT2D eigenvalue weighted by Crippen LogP contribution is -2.15. The molecule has 0 aliphatic carbocycles. The zero-order valence-corrected chi connectivity index (χ0v) is 31.8. The third-order valence-electron chi connectivity index (χ3n) is 7.37. The van der Waals surface area contributed by atoms with E-state index in [1.807, 2.05) is 0 Å². The molecule has 0 amide bonds. The van der Waals surface area contributed by atoms with Crippen LogP contribution in [0.3, 0.4) is 0 Å². The smallest absolute Gasteiger partial charge is 0.493 e. The second-order valence-electron chi connectivity index (χ2n) is 11.3. The zero-order chi connectivity index (χ0) is 41.7. The van der Waals surface area contributed by atoms with E-state index >= 15 is 0 Å². The van der Waals surface area contributed by atoms with E-state index < -0.39 is 36.2 Å². The van der Waals surface area contributed by atoms with Crippen molar-refractivity contribution in [3.8, 4) is 40.2 Å². The quantitative estimate of drug-likeness (QED) is 0.0281. The van der Waals surface area contributed by atoms with Crippen molar-refractivity contribution in [3.63, 3.8) is 0 Å². The molecule has 3 aromatic carbocycles. The molecule has 57 heavy (non-hydrogen) atoms. The number of hydrogen-bond donors (Lipinski definition) is 0. The van der Waals surface area contributed by atoms with Crippen molar-refractivity contribution < 1.29 is 80.9 Å². The topological polar surface area (TPSA) is 204 Å². The molecule has 0 fully saturated rings. The van der Waals surface area contributed by atoms with Crippen LogP contribution in [-0.4, -0.2) is 83.9 Å². The van der Waals surface area contributed by atoms with Gasteiger partial charge in [0.2, 0.25) is 5.75 Å². The fraction of sp³-hybridized carbons (Fsp3) is 0.300. The first-order valence-corrected chi connectivity index (χ1v) is 17.2. The molecule has 17 heteroatoms. The summed E-state index contributed by atoms with van der Waals surface area (Å²) in [7, 11) is 3.91. The van der Waals surface area contributed by atoms with Crippen molar-refractivity contribution in [1.82, 2.24) is 0 Å². The van der Waals surface area contributed by atoms with Crippen LogP contribution in [0.15, 0.2) is 73.8 Å². The molecule has 304 valence electrons. The SMILES string of the molecule is C=CC(=O)OCCCCOC(=O)Oc1ccc(C(=O)Oc2ccc(OC(=O)c3cc(OC)c(OC(=O)OCCCCOC(=O)C=C)c(OC)c3)c(C)c2)cc1OC. The Morgan fingerprint density at radius 2 is 0.982 bits per heavy atom. The molecule has 0 radical (unpaired) electrons. The molecule has 0 saturated carbocycles. The van der Waals surface area contributed by atoms with Gasteiger partial charge in [-0.25, -0.2) is 28.8 Å². The predicted molar refractivity (Wildman–Crippen MR) is 198 cm³/mol. The fourth-order valence-electron chi connectivity index (χ4n) is 4.52. The Kier molecular flexibility index (Phi) is 17.9. The third-order valence-corrected chi connectivity index (χ3v) is 7.37. The van der Waals surface area contributed by atoms with Gasteiger partial charge in [0, 0.05) is 12.2 Å². The van der Waals surface area contributed by atoms with Crippen molar-refractivity contribution in [3.05, 3.63) is 90.5 Å². The Bertz CT molecular complexity index is 1910. The fourth-order valence-corrected chi connectivity index (χ4v) is 4.52. The normalized spacial score (nSPS) is 10.2. The van der Waals surface area contributed by atoms with Crippen LogP contribution in [0.5, 0.6) is 40.2 Å². The highest BCUT2D eigenvalue weighted by Crippen LogP contribution is 2.39. The summed E-state index contributed by atoms with van der Waals surface area (Å²) in [6.07, 6.45) is 1.76. The molecular weight excluding hydrogens is 752 g/mol. The first-order chi connectivity index (χ1) is 27.4. The van der Waals surface area contributed by atoms with E-state index in [-0.39, 0.29) is 77.8 Å². The molecule has 0 aliphatic heterocycles. The molecular formula is C40H42O17. The van der Waals surface area contributed by atoms with Crippen LogP contribution in [0.25, 0.3) is 0 Å². The number of aryl methyl sites for hydroxylation is 1. The highest BCUT2D eigenvalue weighted by molar-refractivity contribution is 5.94. The average molecular weight is 795 g/mol. The van der Waals surface area contributed by atoms with E-state index in [4.69, 9.17) is 52.1 Å². The van der Waals surface area contributed by atoms with Gasteiger partial charge in [0.1, 0.15) is 11.5 Å². The van der Waals surface area contributed by atoms with Crippen LogP contribution in [-0.2, 0) is 28.5 Å². The lowest BCUT2D eigenvalue weighted by atomic mass is 10.1. The number of unbranched alkanes of at least 4 members (excludes halogenated alkanes) is 2. The van der Waals surface area contributed by atoms with E-state index in [2.05, 4.69) is 13.2 Å². The Hall–Kier alpha value is -7.04. The maximum absolute atomic E-state index is 13.2. The van der Waals surface area contributed by atoms with E-state index in [1.165, 1.54) is 69.9 Å². The molecule has 17 nitrogen and oxygen atoms in total. The summed E-state index contributed by atoms with van der Waals surface area (Å²) in [5.41, 5.74) is 0.501. The Labute approximate surface area is 327 Å².